The van der Waals surface area contributed by atoms with Gasteiger partial charge in [-0.1, -0.05) is 43.7 Å². The molecule has 3 heterocycles. The van der Waals surface area contributed by atoms with Gasteiger partial charge in [0.2, 0.25) is 10.0 Å². The molecule has 0 aliphatic rings. The van der Waals surface area contributed by atoms with Crippen LogP contribution in [0.15, 0.2) is 81.3 Å². The maximum Gasteiger partial charge on any atom is 0.330 e. The van der Waals surface area contributed by atoms with Crippen LogP contribution in [0, 0.1) is 5.82 Å². The van der Waals surface area contributed by atoms with Crippen LogP contribution in [0.2, 0.25) is 0 Å². The number of hydrogen-bond donors (Lipinski definition) is 3. The Balaban J connectivity index is 1.74. The Morgan fingerprint density at radius 2 is 1.82 bits per heavy atom. The highest BCUT2D eigenvalue weighted by Crippen LogP contribution is 2.34. The van der Waals surface area contributed by atoms with E-state index in [2.05, 4.69) is 19.9 Å². The number of benzene rings is 2. The van der Waals surface area contributed by atoms with Crippen LogP contribution in [0.1, 0.15) is 42.6 Å². The average molecular weight is 563 g/mol. The number of nitrogens with one attached hydrogen (secondary N) is 2. The normalized spacial score (nSPS) is 12.6. The Labute approximate surface area is 228 Å². The van der Waals surface area contributed by atoms with Crippen LogP contribution in [0.3, 0.4) is 0 Å². The van der Waals surface area contributed by atoms with Crippen LogP contribution in [0.4, 0.5) is 4.39 Å². The van der Waals surface area contributed by atoms with Crippen molar-refractivity contribution in [2.24, 2.45) is 5.14 Å². The number of halogens is 1. The first-order valence-corrected chi connectivity index (χ1v) is 14.3. The lowest BCUT2D eigenvalue weighted by atomic mass is 9.89. The minimum atomic E-state index is -4.11. The number of aryl methyl sites for hydroxylation is 1. The van der Waals surface area contributed by atoms with Gasteiger partial charge in [-0.25, -0.2) is 27.7 Å². The fourth-order valence-electron chi connectivity index (χ4n) is 4.74. The number of aromatic nitrogens is 5. The lowest BCUT2D eigenvalue weighted by molar-refractivity contribution is 0.597. The van der Waals surface area contributed by atoms with Crippen LogP contribution in [-0.4, -0.2) is 32.9 Å². The fourth-order valence-corrected chi connectivity index (χ4v) is 5.47. The number of nitrogens with zero attached hydrogens (tertiary/aromatic N) is 3. The molecule has 1 atom stereocenters. The molecule has 0 aliphatic heterocycles. The molecule has 3 aromatic heterocycles. The summed E-state index contributed by atoms with van der Waals surface area (Å²) in [5, 5.41) is 5.52. The van der Waals surface area contributed by atoms with Gasteiger partial charge in [-0.2, -0.15) is 0 Å². The van der Waals surface area contributed by atoms with Gasteiger partial charge in [0.05, 0.1) is 10.6 Å². The van der Waals surface area contributed by atoms with E-state index in [1.54, 1.807) is 48.5 Å². The molecule has 0 bridgehead atoms. The van der Waals surface area contributed by atoms with Gasteiger partial charge in [0.15, 0.2) is 5.65 Å². The van der Waals surface area contributed by atoms with E-state index in [0.717, 1.165) is 6.42 Å². The zero-order chi connectivity index (χ0) is 28.4. The summed E-state index contributed by atoms with van der Waals surface area (Å²) in [6, 6.07) is 16.0. The zero-order valence-corrected chi connectivity index (χ0v) is 22.4. The number of H-pyrrole nitrogens is 2. The van der Waals surface area contributed by atoms with Crippen LogP contribution >= 0.6 is 0 Å². The fraction of sp³-hybridized carbons (Fsp3) is 0.214. The van der Waals surface area contributed by atoms with Crippen LogP contribution in [-0.2, 0) is 23.0 Å². The van der Waals surface area contributed by atoms with Gasteiger partial charge < -0.3 is 4.98 Å². The lowest BCUT2D eigenvalue weighted by Gasteiger charge is -2.18. The summed E-state index contributed by atoms with van der Waals surface area (Å²) < 4.78 is 41.1. The van der Waals surface area contributed by atoms with Gasteiger partial charge in [-0.05, 0) is 54.3 Å². The van der Waals surface area contributed by atoms with Gasteiger partial charge in [-0.3, -0.25) is 19.3 Å². The van der Waals surface area contributed by atoms with Gasteiger partial charge in [-0.15, -0.1) is 0 Å². The van der Waals surface area contributed by atoms with Crippen molar-refractivity contribution in [3.63, 3.8) is 0 Å². The van der Waals surface area contributed by atoms with E-state index in [1.165, 1.54) is 22.9 Å². The van der Waals surface area contributed by atoms with Crippen molar-refractivity contribution in [3.8, 4) is 11.3 Å². The highest BCUT2D eigenvalue weighted by molar-refractivity contribution is 7.89. The van der Waals surface area contributed by atoms with E-state index in [-0.39, 0.29) is 28.0 Å². The smallest absolute Gasteiger partial charge is 0.330 e. The molecule has 5 aromatic rings. The number of imidazole rings is 1. The van der Waals surface area contributed by atoms with Gasteiger partial charge in [0, 0.05) is 24.2 Å². The Bertz CT molecular complexity index is 1920. The van der Waals surface area contributed by atoms with E-state index in [9.17, 15) is 22.4 Å². The first kappa shape index (κ1) is 27.2. The summed E-state index contributed by atoms with van der Waals surface area (Å²) in [6.07, 6.45) is 3.18. The van der Waals surface area contributed by atoms with Crippen LogP contribution in [0.25, 0.3) is 22.4 Å². The molecule has 0 spiro atoms. The number of sulfonamides is 1. The second kappa shape index (κ2) is 11.0. The van der Waals surface area contributed by atoms with Crippen molar-refractivity contribution in [1.29, 1.82) is 0 Å². The predicted octanol–water partition coefficient (Wildman–Crippen LogP) is 3.44. The van der Waals surface area contributed by atoms with Crippen molar-refractivity contribution in [1.82, 2.24) is 24.5 Å². The molecule has 4 N–H and O–H groups in total. The van der Waals surface area contributed by atoms with E-state index >= 15 is 0 Å². The molecule has 0 fully saturated rings. The Morgan fingerprint density at radius 3 is 2.52 bits per heavy atom. The van der Waals surface area contributed by atoms with E-state index in [0.29, 0.717) is 35.6 Å². The summed E-state index contributed by atoms with van der Waals surface area (Å²) in [6.45, 7) is 2.34. The average Bonchev–Trinajstić information content (AvgIpc) is 3.38. The molecule has 12 heteroatoms. The zero-order valence-electron chi connectivity index (χ0n) is 21.6. The van der Waals surface area contributed by atoms with Gasteiger partial charge in [0.1, 0.15) is 17.2 Å². The largest absolute Gasteiger partial charge is 0.336 e. The molecular formula is C28H27FN6O4S. The highest BCUT2D eigenvalue weighted by Gasteiger charge is 2.25. The van der Waals surface area contributed by atoms with Gasteiger partial charge in [0.25, 0.3) is 5.56 Å². The van der Waals surface area contributed by atoms with Crippen LogP contribution in [0.5, 0.6) is 0 Å². The molecule has 10 nitrogen and oxygen atoms in total. The van der Waals surface area contributed by atoms with E-state index in [1.807, 2.05) is 6.92 Å². The molecule has 5 rings (SSSR count). The third-order valence-corrected chi connectivity index (χ3v) is 7.72. The third kappa shape index (κ3) is 5.36. The van der Waals surface area contributed by atoms with Crippen molar-refractivity contribution >= 4 is 21.2 Å². The SMILES string of the molecule is CCCCn1c(=O)[nH]c(=O)c2[nH]c(C(Cc3ccccc3F)c3ccc(S(N)(=O)=O)c(-c4ccccn4)c3)nc21. The standard InChI is InChI=1S/C28H27FN6O4S/c1-2-3-14-35-26-24(27(36)34-28(35)37)32-25(33-26)19(16-18-8-4-5-9-21(18)29)17-11-12-23(40(30,38)39)20(15-17)22-10-6-7-13-31-22/h4-13,15,19H,2-3,14,16H2,1H3,(H,32,33)(H2,30,38,39)(H,34,36,37). The van der Waals surface area contributed by atoms with Gasteiger partial charge >= 0.3 is 5.69 Å². The number of pyridine rings is 1. The molecule has 0 radical (unpaired) electrons. The molecule has 1 unspecified atom stereocenters. The summed E-state index contributed by atoms with van der Waals surface area (Å²) in [4.78, 5) is 39.6. The van der Waals surface area contributed by atoms with E-state index < -0.39 is 33.0 Å². The summed E-state index contributed by atoms with van der Waals surface area (Å²) in [7, 11) is -4.11. The summed E-state index contributed by atoms with van der Waals surface area (Å²) >= 11 is 0. The molecule has 2 aromatic carbocycles. The highest BCUT2D eigenvalue weighted by atomic mass is 32.2. The topological polar surface area (TPSA) is 157 Å². The van der Waals surface area contributed by atoms with Crippen molar-refractivity contribution in [3.05, 3.63) is 110 Å². The molecule has 0 saturated heterocycles. The lowest BCUT2D eigenvalue weighted by Crippen LogP contribution is -2.30. The van der Waals surface area contributed by atoms with Crippen molar-refractivity contribution in [2.75, 3.05) is 0 Å². The van der Waals surface area contributed by atoms with Crippen molar-refractivity contribution < 1.29 is 12.8 Å². The Hall–Kier alpha value is -4.42. The van der Waals surface area contributed by atoms with Crippen molar-refractivity contribution in [2.45, 2.75) is 43.5 Å². The molecule has 0 saturated carbocycles. The molecule has 0 amide bonds. The molecule has 40 heavy (non-hydrogen) atoms. The number of fused-ring (bicyclic) bond motifs is 1. The number of aromatic amines is 2. The summed E-state index contributed by atoms with van der Waals surface area (Å²) in [5.74, 6) is -0.766. The predicted molar refractivity (Wildman–Crippen MR) is 149 cm³/mol. The number of unbranched alkanes of at least 4 members (excludes halogenated alkanes) is 1. The van der Waals surface area contributed by atoms with E-state index in [4.69, 9.17) is 5.14 Å². The first-order chi connectivity index (χ1) is 19.2. The molecular weight excluding hydrogens is 535 g/mol. The maximum absolute atomic E-state index is 14.8. The first-order valence-electron chi connectivity index (χ1n) is 12.7. The third-order valence-electron chi connectivity index (χ3n) is 6.75. The minimum absolute atomic E-state index is 0.117. The Kier molecular flexibility index (Phi) is 7.46. The summed E-state index contributed by atoms with van der Waals surface area (Å²) in [5.41, 5.74) is 0.756. The number of nitrogens with two attached hydrogens (primary N) is 1. The van der Waals surface area contributed by atoms with Crippen LogP contribution < -0.4 is 16.4 Å². The maximum atomic E-state index is 14.8. The number of rotatable bonds is 9. The number of primary sulfonamides is 1. The second-order valence-corrected chi connectivity index (χ2v) is 11.0. The number of hydrogen-bond acceptors (Lipinski definition) is 6. The quantitative estimate of drug-likeness (QED) is 0.250. The Morgan fingerprint density at radius 1 is 1.05 bits per heavy atom. The second-order valence-electron chi connectivity index (χ2n) is 9.45. The molecule has 0 aliphatic carbocycles. The molecule has 206 valence electrons. The monoisotopic (exact) mass is 562 g/mol. The minimum Gasteiger partial charge on any atom is -0.336 e.